The van der Waals surface area contributed by atoms with Gasteiger partial charge in [0.05, 0.1) is 18.1 Å². The number of rotatable bonds is 6. The van der Waals surface area contributed by atoms with E-state index >= 15 is 0 Å². The third-order valence-electron chi connectivity index (χ3n) is 3.41. The Morgan fingerprint density at radius 2 is 1.68 bits per heavy atom. The normalized spacial score (nSPS) is 9.00. The van der Waals surface area contributed by atoms with Gasteiger partial charge in [-0.3, -0.25) is 15.2 Å². The summed E-state index contributed by atoms with van der Waals surface area (Å²) < 4.78 is 5.78. The molecule has 1 amide bonds. The number of benzene rings is 2. The van der Waals surface area contributed by atoms with Crippen molar-refractivity contribution in [2.24, 2.45) is 5.84 Å². The van der Waals surface area contributed by atoms with Crippen molar-refractivity contribution in [2.45, 2.75) is 20.5 Å². The van der Waals surface area contributed by atoms with E-state index in [1.54, 1.807) is 17.8 Å². The van der Waals surface area contributed by atoms with Crippen LogP contribution in [0.4, 0.5) is 5.69 Å². The summed E-state index contributed by atoms with van der Waals surface area (Å²) in [6.45, 7) is 4.45. The van der Waals surface area contributed by atoms with Gasteiger partial charge in [-0.2, -0.15) is 0 Å². The second kappa shape index (κ2) is 13.7. The van der Waals surface area contributed by atoms with Crippen LogP contribution in [0.3, 0.4) is 0 Å². The first kappa shape index (κ1) is 22.6. The number of hydrogen-bond donors (Lipinski definition) is 3. The first-order valence-corrected chi connectivity index (χ1v) is 8.94. The third kappa shape index (κ3) is 7.43. The molecule has 0 spiro atoms. The molecule has 0 fully saturated rings. The smallest absolute Gasteiger partial charge is 0.233 e. The number of aromatic nitrogens is 2. The average molecular weight is 381 g/mol. The zero-order valence-electron chi connectivity index (χ0n) is 16.4. The van der Waals surface area contributed by atoms with Gasteiger partial charge in [-0.1, -0.05) is 62.4 Å². The van der Waals surface area contributed by atoms with Crippen LogP contribution in [0.15, 0.2) is 67.0 Å². The molecule has 3 rings (SSSR count). The van der Waals surface area contributed by atoms with Gasteiger partial charge in [-0.25, -0.2) is 10.8 Å². The molecule has 7 heteroatoms. The average Bonchev–Trinajstić information content (AvgIpc) is 2.80. The lowest BCUT2D eigenvalue weighted by Gasteiger charge is -2.10. The van der Waals surface area contributed by atoms with Crippen LogP contribution >= 0.6 is 0 Å². The molecule has 7 nitrogen and oxygen atoms in total. The van der Waals surface area contributed by atoms with Gasteiger partial charge in [0.25, 0.3) is 0 Å². The summed E-state index contributed by atoms with van der Waals surface area (Å²) in [5.74, 6) is 4.93. The zero-order chi connectivity index (χ0) is 20.6. The summed E-state index contributed by atoms with van der Waals surface area (Å²) in [6.07, 6.45) is 3.78. The molecule has 0 saturated heterocycles. The van der Waals surface area contributed by atoms with Crippen molar-refractivity contribution >= 4 is 12.1 Å². The second-order valence-corrected chi connectivity index (χ2v) is 5.09. The van der Waals surface area contributed by atoms with Crippen molar-refractivity contribution in [3.05, 3.63) is 72.6 Å². The van der Waals surface area contributed by atoms with Crippen LogP contribution in [0, 0.1) is 0 Å². The quantitative estimate of drug-likeness (QED) is 0.262. The minimum Gasteiger partial charge on any atom is -0.472 e. The van der Waals surface area contributed by atoms with Gasteiger partial charge >= 0.3 is 0 Å². The van der Waals surface area contributed by atoms with Crippen molar-refractivity contribution in [1.29, 1.82) is 0 Å². The predicted octanol–water partition coefficient (Wildman–Crippen LogP) is 3.40. The number of anilines is 1. The summed E-state index contributed by atoms with van der Waals surface area (Å²) in [4.78, 5) is 17.7. The maximum atomic E-state index is 8.94. The Morgan fingerprint density at radius 1 is 1.04 bits per heavy atom. The monoisotopic (exact) mass is 381 g/mol. The van der Waals surface area contributed by atoms with Crippen LogP contribution in [0.1, 0.15) is 19.4 Å². The van der Waals surface area contributed by atoms with Crippen LogP contribution in [-0.4, -0.2) is 23.4 Å². The highest BCUT2D eigenvalue weighted by atomic mass is 16.5. The standard InChI is InChI=1S/C18H17N3O.C2H6.CH4N2O/c1-19-16-10-6-5-9-15(16)13-22-18-12-20-11-17(21-18)14-7-3-2-4-8-14;1-2;2-3-1-4/h2-12,19H,13H2,1H3;1-2H3;1H,2H2,(H,3,4). The lowest BCUT2D eigenvalue weighted by atomic mass is 10.2. The molecule has 3 aromatic rings. The van der Waals surface area contributed by atoms with E-state index in [1.807, 2.05) is 75.5 Å². The van der Waals surface area contributed by atoms with Gasteiger partial charge in [-0.15, -0.1) is 0 Å². The molecule has 0 saturated carbocycles. The fraction of sp³-hybridized carbons (Fsp3) is 0.190. The van der Waals surface area contributed by atoms with Crippen molar-refractivity contribution in [2.75, 3.05) is 12.4 Å². The lowest BCUT2D eigenvalue weighted by Crippen LogP contribution is -2.18. The summed E-state index contributed by atoms with van der Waals surface area (Å²) in [7, 11) is 1.90. The van der Waals surface area contributed by atoms with Crippen LogP contribution in [0.25, 0.3) is 11.3 Å². The molecule has 0 unspecified atom stereocenters. The summed E-state index contributed by atoms with van der Waals surface area (Å²) >= 11 is 0. The highest BCUT2D eigenvalue weighted by Gasteiger charge is 2.04. The molecule has 0 aliphatic carbocycles. The molecule has 0 bridgehead atoms. The van der Waals surface area contributed by atoms with Gasteiger partial charge in [0.2, 0.25) is 12.3 Å². The molecular weight excluding hydrogens is 354 g/mol. The van der Waals surface area contributed by atoms with Gasteiger partial charge in [0, 0.05) is 23.9 Å². The maximum absolute atomic E-state index is 8.94. The Hall–Kier alpha value is -3.45. The first-order chi connectivity index (χ1) is 13.8. The molecule has 0 atom stereocenters. The number of nitrogens with two attached hydrogens (primary N) is 1. The number of carbonyl (C=O) groups excluding carboxylic acids is 1. The zero-order valence-corrected chi connectivity index (χ0v) is 16.4. The molecule has 0 aliphatic rings. The molecule has 0 aliphatic heterocycles. The highest BCUT2D eigenvalue weighted by Crippen LogP contribution is 2.20. The number of nitrogens with one attached hydrogen (secondary N) is 2. The maximum Gasteiger partial charge on any atom is 0.233 e. The Kier molecular flexibility index (Phi) is 11.1. The number of nitrogens with zero attached hydrogens (tertiary/aromatic N) is 2. The van der Waals surface area contributed by atoms with Crippen LogP contribution in [-0.2, 0) is 11.4 Å². The topological polar surface area (TPSA) is 102 Å². The van der Waals surface area contributed by atoms with E-state index in [0.717, 1.165) is 22.5 Å². The number of para-hydroxylation sites is 1. The number of hydrogen-bond acceptors (Lipinski definition) is 6. The second-order valence-electron chi connectivity index (χ2n) is 5.09. The predicted molar refractivity (Wildman–Crippen MR) is 113 cm³/mol. The molecule has 2 aromatic carbocycles. The highest BCUT2D eigenvalue weighted by molar-refractivity contribution is 5.58. The van der Waals surface area contributed by atoms with Gasteiger partial charge in [-0.05, 0) is 6.07 Å². The summed E-state index contributed by atoms with van der Waals surface area (Å²) in [6, 6.07) is 18.0. The summed E-state index contributed by atoms with van der Waals surface area (Å²) in [5, 5.41) is 3.15. The van der Waals surface area contributed by atoms with E-state index in [0.29, 0.717) is 18.9 Å². The molecule has 1 aromatic heterocycles. The number of amides is 1. The Labute approximate surface area is 166 Å². The van der Waals surface area contributed by atoms with E-state index in [4.69, 9.17) is 9.53 Å². The van der Waals surface area contributed by atoms with Crippen molar-refractivity contribution in [1.82, 2.24) is 15.4 Å². The fourth-order valence-electron chi connectivity index (χ4n) is 2.21. The van der Waals surface area contributed by atoms with Crippen LogP contribution in [0.5, 0.6) is 5.88 Å². The van der Waals surface area contributed by atoms with Gasteiger partial charge in [0.1, 0.15) is 6.61 Å². The van der Waals surface area contributed by atoms with E-state index in [1.165, 1.54) is 0 Å². The molecule has 148 valence electrons. The molecular formula is C21H27N5O2. The fourth-order valence-corrected chi connectivity index (χ4v) is 2.21. The number of hydrazine groups is 1. The van der Waals surface area contributed by atoms with Crippen molar-refractivity contribution < 1.29 is 9.53 Å². The SMILES string of the molecule is CC.CNc1ccccc1COc1cncc(-c2ccccc2)n1.NNC=O. The van der Waals surface area contributed by atoms with Crippen LogP contribution < -0.4 is 21.3 Å². The Balaban J connectivity index is 0.000000583. The van der Waals surface area contributed by atoms with Crippen LogP contribution in [0.2, 0.25) is 0 Å². The van der Waals surface area contributed by atoms with E-state index in [2.05, 4.69) is 21.1 Å². The number of ether oxygens (including phenoxy) is 1. The molecule has 1 heterocycles. The van der Waals surface area contributed by atoms with E-state index in [-0.39, 0.29) is 0 Å². The lowest BCUT2D eigenvalue weighted by molar-refractivity contribution is -0.109. The van der Waals surface area contributed by atoms with Crippen molar-refractivity contribution in [3.8, 4) is 17.1 Å². The largest absolute Gasteiger partial charge is 0.472 e. The minimum atomic E-state index is 0.403. The molecule has 28 heavy (non-hydrogen) atoms. The van der Waals surface area contributed by atoms with Gasteiger partial charge < -0.3 is 10.1 Å². The van der Waals surface area contributed by atoms with E-state index in [9.17, 15) is 0 Å². The minimum absolute atomic E-state index is 0.403. The number of carbonyl (C=O) groups is 1. The third-order valence-corrected chi connectivity index (χ3v) is 3.41. The molecule has 4 N–H and O–H groups in total. The first-order valence-electron chi connectivity index (χ1n) is 8.94. The van der Waals surface area contributed by atoms with Crippen molar-refractivity contribution in [3.63, 3.8) is 0 Å². The van der Waals surface area contributed by atoms with Gasteiger partial charge in [0.15, 0.2) is 0 Å². The Morgan fingerprint density at radius 3 is 2.32 bits per heavy atom. The summed E-state index contributed by atoms with van der Waals surface area (Å²) in [5.41, 5.74) is 5.71. The molecule has 0 radical (unpaired) electrons. The Bertz CT molecular complexity index is 813. The van der Waals surface area contributed by atoms with E-state index < -0.39 is 0 Å².